The van der Waals surface area contributed by atoms with E-state index in [0.717, 1.165) is 10.7 Å². The Morgan fingerprint density at radius 3 is 2.91 bits per heavy atom. The average molecular weight is 312 g/mol. The average Bonchev–Trinajstić information content (AvgIpc) is 2.56. The number of amides is 1. The van der Waals surface area contributed by atoms with Crippen molar-refractivity contribution in [1.82, 2.24) is 15.0 Å². The molecule has 7 nitrogen and oxygen atoms in total. The molecule has 0 saturated heterocycles. The van der Waals surface area contributed by atoms with Crippen molar-refractivity contribution in [2.24, 2.45) is 0 Å². The second kappa shape index (κ2) is 4.87. The van der Waals surface area contributed by atoms with Crippen molar-refractivity contribution >= 4 is 22.5 Å². The van der Waals surface area contributed by atoms with Gasteiger partial charge in [-0.1, -0.05) is 17.3 Å². The van der Waals surface area contributed by atoms with Gasteiger partial charge in [0, 0.05) is 6.07 Å². The van der Waals surface area contributed by atoms with Crippen LogP contribution < -0.4 is 15.6 Å². The molecule has 114 valence electrons. The predicted octanol–water partition coefficient (Wildman–Crippen LogP) is 1.25. The summed E-state index contributed by atoms with van der Waals surface area (Å²) >= 11 is 0. The second-order valence-corrected chi connectivity index (χ2v) is 4.96. The first kappa shape index (κ1) is 13.4. The number of nitrogens with one attached hydrogen (secondary N) is 1. The van der Waals surface area contributed by atoms with Gasteiger partial charge in [-0.15, -0.1) is 5.10 Å². The number of carbonyl (C=O) groups is 1. The quantitative estimate of drug-likeness (QED) is 0.731. The highest BCUT2D eigenvalue weighted by Gasteiger charge is 2.21. The first-order chi connectivity index (χ1) is 11.1. The summed E-state index contributed by atoms with van der Waals surface area (Å²) in [6.07, 6.45) is 0. The Labute approximate surface area is 128 Å². The molecule has 0 unspecified atom stereocenters. The van der Waals surface area contributed by atoms with E-state index in [-0.39, 0.29) is 29.6 Å². The molecule has 4 rings (SSSR count). The van der Waals surface area contributed by atoms with Gasteiger partial charge in [0.15, 0.2) is 12.4 Å². The van der Waals surface area contributed by atoms with Crippen LogP contribution in [0.2, 0.25) is 0 Å². The summed E-state index contributed by atoms with van der Waals surface area (Å²) < 4.78 is 20.3. The molecule has 0 atom stereocenters. The molecule has 0 bridgehead atoms. The molecule has 2 heterocycles. The molecule has 23 heavy (non-hydrogen) atoms. The number of aromatic nitrogens is 3. The normalized spacial score (nSPS) is 13.3. The molecule has 2 aromatic carbocycles. The number of hydrogen-bond acceptors (Lipinski definition) is 5. The number of carbonyl (C=O) groups excluding carboxylic acids is 1. The van der Waals surface area contributed by atoms with E-state index in [1.165, 1.54) is 6.07 Å². The van der Waals surface area contributed by atoms with Crippen LogP contribution in [0.4, 0.5) is 10.1 Å². The van der Waals surface area contributed by atoms with E-state index in [1.807, 2.05) is 0 Å². The van der Waals surface area contributed by atoms with Gasteiger partial charge >= 0.3 is 0 Å². The Balaban J connectivity index is 1.94. The molecular formula is C15H9FN4O3. The minimum Gasteiger partial charge on any atom is -0.481 e. The fraction of sp³-hybridized carbons (Fsp3) is 0.0667. The molecule has 8 heteroatoms. The Morgan fingerprint density at radius 2 is 2.04 bits per heavy atom. The van der Waals surface area contributed by atoms with E-state index < -0.39 is 11.4 Å². The van der Waals surface area contributed by atoms with Crippen molar-refractivity contribution in [2.45, 2.75) is 0 Å². The standard InChI is InChI=1S/C15H9FN4O3/c16-9-5-13-11(17-14(21)7-23-13)6-12(9)20-15(22)8-3-1-2-4-10(8)18-19-20/h1-6H,7H2,(H,17,21). The van der Waals surface area contributed by atoms with Crippen LogP contribution in [0, 0.1) is 5.82 Å². The van der Waals surface area contributed by atoms with Crippen LogP contribution in [-0.4, -0.2) is 27.5 Å². The van der Waals surface area contributed by atoms with Gasteiger partial charge in [0.2, 0.25) is 0 Å². The molecule has 0 radical (unpaired) electrons. The van der Waals surface area contributed by atoms with E-state index >= 15 is 0 Å². The highest BCUT2D eigenvalue weighted by atomic mass is 19.1. The van der Waals surface area contributed by atoms with Gasteiger partial charge in [0.05, 0.1) is 11.1 Å². The van der Waals surface area contributed by atoms with Crippen LogP contribution in [0.25, 0.3) is 16.6 Å². The van der Waals surface area contributed by atoms with E-state index in [9.17, 15) is 14.0 Å². The van der Waals surface area contributed by atoms with Gasteiger partial charge in [-0.05, 0) is 18.2 Å². The zero-order valence-corrected chi connectivity index (χ0v) is 11.6. The highest BCUT2D eigenvalue weighted by molar-refractivity contribution is 5.95. The topological polar surface area (TPSA) is 86.1 Å². The molecular weight excluding hydrogens is 303 g/mol. The molecule has 1 aliphatic rings. The predicted molar refractivity (Wildman–Crippen MR) is 79.2 cm³/mol. The minimum atomic E-state index is -0.702. The Bertz CT molecular complexity index is 1020. The number of rotatable bonds is 1. The first-order valence-electron chi connectivity index (χ1n) is 6.75. The maximum absolute atomic E-state index is 14.3. The Morgan fingerprint density at radius 1 is 1.22 bits per heavy atom. The van der Waals surface area contributed by atoms with Gasteiger partial charge < -0.3 is 10.1 Å². The molecule has 0 spiro atoms. The molecule has 0 fully saturated rings. The molecule has 1 aliphatic heterocycles. The Hall–Kier alpha value is -3.29. The van der Waals surface area contributed by atoms with Crippen molar-refractivity contribution in [3.8, 4) is 11.4 Å². The molecule has 1 N–H and O–H groups in total. The van der Waals surface area contributed by atoms with E-state index in [4.69, 9.17) is 4.74 Å². The fourth-order valence-corrected chi connectivity index (χ4v) is 2.40. The largest absolute Gasteiger partial charge is 0.481 e. The van der Waals surface area contributed by atoms with Gasteiger partial charge in [-0.2, -0.15) is 4.68 Å². The van der Waals surface area contributed by atoms with Crippen LogP contribution >= 0.6 is 0 Å². The van der Waals surface area contributed by atoms with Crippen LogP contribution in [0.1, 0.15) is 0 Å². The summed E-state index contributed by atoms with van der Waals surface area (Å²) in [6.45, 7) is -0.179. The number of fused-ring (bicyclic) bond motifs is 2. The molecule has 0 aliphatic carbocycles. The third-order valence-electron chi connectivity index (χ3n) is 3.48. The van der Waals surface area contributed by atoms with Crippen LogP contribution in [0.3, 0.4) is 0 Å². The monoisotopic (exact) mass is 312 g/mol. The van der Waals surface area contributed by atoms with Crippen molar-refractivity contribution in [2.75, 3.05) is 11.9 Å². The summed E-state index contributed by atoms with van der Waals surface area (Å²) in [5.74, 6) is -0.855. The maximum atomic E-state index is 14.3. The van der Waals surface area contributed by atoms with Crippen molar-refractivity contribution in [1.29, 1.82) is 0 Å². The van der Waals surface area contributed by atoms with E-state index in [0.29, 0.717) is 10.9 Å². The summed E-state index contributed by atoms with van der Waals surface area (Å²) in [5, 5.41) is 10.6. The maximum Gasteiger partial charge on any atom is 0.282 e. The number of anilines is 1. The van der Waals surface area contributed by atoms with Crippen LogP contribution in [0.15, 0.2) is 41.2 Å². The van der Waals surface area contributed by atoms with Crippen molar-refractivity contribution < 1.29 is 13.9 Å². The van der Waals surface area contributed by atoms with Gasteiger partial charge in [0.1, 0.15) is 17.0 Å². The minimum absolute atomic E-state index is 0.113. The summed E-state index contributed by atoms with van der Waals surface area (Å²) in [4.78, 5) is 23.9. The molecule has 3 aromatic rings. The zero-order chi connectivity index (χ0) is 16.0. The smallest absolute Gasteiger partial charge is 0.282 e. The number of halogens is 1. The number of hydrogen-bond donors (Lipinski definition) is 1. The lowest BCUT2D eigenvalue weighted by molar-refractivity contribution is -0.118. The molecule has 1 aromatic heterocycles. The van der Waals surface area contributed by atoms with Gasteiger partial charge in [-0.25, -0.2) is 4.39 Å². The van der Waals surface area contributed by atoms with Gasteiger partial charge in [0.25, 0.3) is 11.5 Å². The Kier molecular flexibility index (Phi) is 2.83. The lowest BCUT2D eigenvalue weighted by Gasteiger charge is -2.19. The summed E-state index contributed by atoms with van der Waals surface area (Å²) in [5.41, 5.74) is 0.0820. The van der Waals surface area contributed by atoms with E-state index in [2.05, 4.69) is 15.6 Å². The van der Waals surface area contributed by atoms with Crippen molar-refractivity contribution in [3.05, 3.63) is 52.6 Å². The first-order valence-corrected chi connectivity index (χ1v) is 6.75. The van der Waals surface area contributed by atoms with Crippen LogP contribution in [0.5, 0.6) is 5.75 Å². The van der Waals surface area contributed by atoms with E-state index in [1.54, 1.807) is 24.3 Å². The third-order valence-corrected chi connectivity index (χ3v) is 3.48. The van der Waals surface area contributed by atoms with Gasteiger partial charge in [-0.3, -0.25) is 9.59 Å². The SMILES string of the molecule is O=C1COc2cc(F)c(-n3nnc4ccccc4c3=O)cc2N1. The number of ether oxygens (including phenoxy) is 1. The number of nitrogens with zero attached hydrogens (tertiary/aromatic N) is 3. The lowest BCUT2D eigenvalue weighted by atomic mass is 10.2. The highest BCUT2D eigenvalue weighted by Crippen LogP contribution is 2.31. The summed E-state index contributed by atoms with van der Waals surface area (Å²) in [7, 11) is 0. The third kappa shape index (κ3) is 2.11. The molecule has 0 saturated carbocycles. The fourth-order valence-electron chi connectivity index (χ4n) is 2.40. The number of benzene rings is 2. The van der Waals surface area contributed by atoms with Crippen molar-refractivity contribution in [3.63, 3.8) is 0 Å². The summed E-state index contributed by atoms with van der Waals surface area (Å²) in [6, 6.07) is 9.05. The molecule has 1 amide bonds. The second-order valence-electron chi connectivity index (χ2n) is 4.96. The van der Waals surface area contributed by atoms with Crippen LogP contribution in [-0.2, 0) is 4.79 Å². The lowest BCUT2D eigenvalue weighted by Crippen LogP contribution is -2.27. The zero-order valence-electron chi connectivity index (χ0n) is 11.6.